The van der Waals surface area contributed by atoms with Crippen LogP contribution in [0.4, 0.5) is 0 Å². The van der Waals surface area contributed by atoms with Gasteiger partial charge < -0.3 is 14.2 Å². The van der Waals surface area contributed by atoms with Gasteiger partial charge in [-0.25, -0.2) is 4.98 Å². The first kappa shape index (κ1) is 21.7. The SMILES string of the molecule is CC(C)(C)N1CC(c2nc3ccccc3n2CCCCOc2ccccc2Cl)CC1=O. The van der Waals surface area contributed by atoms with E-state index in [-0.39, 0.29) is 17.4 Å². The van der Waals surface area contributed by atoms with Crippen LogP contribution in [-0.2, 0) is 11.3 Å². The summed E-state index contributed by atoms with van der Waals surface area (Å²) in [5.41, 5.74) is 1.95. The molecule has 1 aliphatic rings. The van der Waals surface area contributed by atoms with Gasteiger partial charge in [0.25, 0.3) is 0 Å². The van der Waals surface area contributed by atoms with Crippen molar-refractivity contribution in [1.29, 1.82) is 0 Å². The molecule has 0 spiro atoms. The van der Waals surface area contributed by atoms with Gasteiger partial charge >= 0.3 is 0 Å². The molecular weight excluding hydrogens is 410 g/mol. The Morgan fingerprint density at radius 2 is 1.84 bits per heavy atom. The van der Waals surface area contributed by atoms with Gasteiger partial charge in [-0.3, -0.25) is 4.79 Å². The van der Waals surface area contributed by atoms with E-state index >= 15 is 0 Å². The molecule has 4 rings (SSSR count). The molecule has 1 aliphatic heterocycles. The monoisotopic (exact) mass is 439 g/mol. The number of rotatable bonds is 7. The number of benzene rings is 2. The van der Waals surface area contributed by atoms with Crippen LogP contribution in [0.1, 0.15) is 51.8 Å². The van der Waals surface area contributed by atoms with Crippen LogP contribution in [0.5, 0.6) is 5.75 Å². The van der Waals surface area contributed by atoms with Gasteiger partial charge in [0.05, 0.1) is 22.7 Å². The van der Waals surface area contributed by atoms with E-state index in [1.54, 1.807) is 0 Å². The summed E-state index contributed by atoms with van der Waals surface area (Å²) in [6.07, 6.45) is 2.40. The maximum Gasteiger partial charge on any atom is 0.223 e. The van der Waals surface area contributed by atoms with Crippen molar-refractivity contribution in [1.82, 2.24) is 14.5 Å². The highest BCUT2D eigenvalue weighted by Gasteiger charge is 2.38. The molecule has 1 unspecified atom stereocenters. The molecule has 1 fully saturated rings. The summed E-state index contributed by atoms with van der Waals surface area (Å²) in [4.78, 5) is 19.6. The third kappa shape index (κ3) is 4.72. The molecule has 2 heterocycles. The van der Waals surface area contributed by atoms with Gasteiger partial charge in [-0.15, -0.1) is 0 Å². The molecule has 164 valence electrons. The second kappa shape index (κ2) is 8.91. The molecule has 5 nitrogen and oxygen atoms in total. The van der Waals surface area contributed by atoms with Crippen molar-refractivity contribution in [2.45, 2.75) is 58.0 Å². The Morgan fingerprint density at radius 3 is 2.58 bits per heavy atom. The van der Waals surface area contributed by atoms with Gasteiger partial charge in [0, 0.05) is 31.0 Å². The van der Waals surface area contributed by atoms with Crippen LogP contribution in [-0.4, -0.2) is 39.0 Å². The molecule has 0 N–H and O–H groups in total. The lowest BCUT2D eigenvalue weighted by Gasteiger charge is -2.32. The predicted octanol–water partition coefficient (Wildman–Crippen LogP) is 5.66. The number of unbranched alkanes of at least 4 members (excludes halogenated alkanes) is 1. The summed E-state index contributed by atoms with van der Waals surface area (Å²) in [7, 11) is 0. The third-order valence-corrected chi connectivity index (χ3v) is 6.17. The van der Waals surface area contributed by atoms with Crippen LogP contribution in [0.3, 0.4) is 0 Å². The van der Waals surface area contributed by atoms with E-state index < -0.39 is 0 Å². The van der Waals surface area contributed by atoms with E-state index in [1.165, 1.54) is 0 Å². The number of amides is 1. The number of aryl methyl sites for hydroxylation is 1. The first-order valence-corrected chi connectivity index (χ1v) is 11.4. The number of carbonyl (C=O) groups is 1. The topological polar surface area (TPSA) is 47.4 Å². The van der Waals surface area contributed by atoms with Crippen LogP contribution in [0.25, 0.3) is 11.0 Å². The van der Waals surface area contributed by atoms with Gasteiger partial charge in [0.2, 0.25) is 5.91 Å². The Hall–Kier alpha value is -2.53. The Kier molecular flexibility index (Phi) is 6.24. The standard InChI is InChI=1S/C25H30ClN3O2/c1-25(2,3)29-17-18(16-23(29)30)24-27-20-11-5-6-12-21(20)28(24)14-8-9-15-31-22-13-7-4-10-19(22)26/h4-7,10-13,18H,8-9,14-17H2,1-3H3. The lowest BCUT2D eigenvalue weighted by Crippen LogP contribution is -2.42. The molecule has 3 aromatic rings. The number of ether oxygens (including phenoxy) is 1. The summed E-state index contributed by atoms with van der Waals surface area (Å²) in [5.74, 6) is 2.08. The minimum atomic E-state index is -0.168. The summed E-state index contributed by atoms with van der Waals surface area (Å²) < 4.78 is 8.13. The number of likely N-dealkylation sites (tertiary alicyclic amines) is 1. The number of halogens is 1. The Morgan fingerprint density at radius 1 is 1.10 bits per heavy atom. The fourth-order valence-electron chi connectivity index (χ4n) is 4.29. The summed E-state index contributed by atoms with van der Waals surface area (Å²) >= 11 is 6.16. The normalized spacial score (nSPS) is 17.0. The van der Waals surface area contributed by atoms with Crippen molar-refractivity contribution in [3.8, 4) is 5.75 Å². The van der Waals surface area contributed by atoms with Gasteiger partial charge in [-0.05, 0) is 57.9 Å². The molecule has 31 heavy (non-hydrogen) atoms. The van der Waals surface area contributed by atoms with E-state index in [1.807, 2.05) is 47.4 Å². The maximum atomic E-state index is 12.7. The lowest BCUT2D eigenvalue weighted by atomic mass is 10.1. The predicted molar refractivity (Wildman–Crippen MR) is 125 cm³/mol. The Balaban J connectivity index is 1.46. The molecule has 0 aliphatic carbocycles. The summed E-state index contributed by atoms with van der Waals surface area (Å²) in [6, 6.07) is 15.8. The smallest absolute Gasteiger partial charge is 0.223 e. The number of hydrogen-bond donors (Lipinski definition) is 0. The van der Waals surface area contributed by atoms with Crippen molar-refractivity contribution in [3.63, 3.8) is 0 Å². The second-order valence-electron chi connectivity index (χ2n) is 9.17. The fourth-order valence-corrected chi connectivity index (χ4v) is 4.48. The highest BCUT2D eigenvalue weighted by Crippen LogP contribution is 2.34. The Bertz CT molecular complexity index is 1070. The highest BCUT2D eigenvalue weighted by molar-refractivity contribution is 6.32. The van der Waals surface area contributed by atoms with Crippen LogP contribution < -0.4 is 4.74 Å². The second-order valence-corrected chi connectivity index (χ2v) is 9.58. The molecule has 1 saturated heterocycles. The van der Waals surface area contributed by atoms with E-state index in [4.69, 9.17) is 21.3 Å². The highest BCUT2D eigenvalue weighted by atomic mass is 35.5. The first-order valence-electron chi connectivity index (χ1n) is 11.0. The number of carbonyl (C=O) groups excluding carboxylic acids is 1. The largest absolute Gasteiger partial charge is 0.492 e. The molecule has 2 aromatic carbocycles. The molecule has 0 saturated carbocycles. The number of para-hydroxylation sites is 3. The van der Waals surface area contributed by atoms with E-state index in [9.17, 15) is 4.79 Å². The lowest BCUT2D eigenvalue weighted by molar-refractivity contribution is -0.131. The van der Waals surface area contributed by atoms with Gasteiger partial charge in [-0.1, -0.05) is 35.9 Å². The maximum absolute atomic E-state index is 12.7. The number of nitrogens with zero attached hydrogens (tertiary/aromatic N) is 3. The zero-order valence-corrected chi connectivity index (χ0v) is 19.2. The number of hydrogen-bond acceptors (Lipinski definition) is 3. The molecule has 1 amide bonds. The van der Waals surface area contributed by atoms with Gasteiger partial charge in [0.15, 0.2) is 0 Å². The van der Waals surface area contributed by atoms with E-state index in [0.29, 0.717) is 18.1 Å². The average Bonchev–Trinajstić information content (AvgIpc) is 3.29. The molecule has 1 aromatic heterocycles. The van der Waals surface area contributed by atoms with Crippen molar-refractivity contribution in [2.75, 3.05) is 13.2 Å². The van der Waals surface area contributed by atoms with Crippen LogP contribution in [0.2, 0.25) is 5.02 Å². The molecule has 1 atom stereocenters. The minimum Gasteiger partial charge on any atom is -0.492 e. The molecule has 0 radical (unpaired) electrons. The van der Waals surface area contributed by atoms with E-state index in [0.717, 1.165) is 48.5 Å². The fraction of sp³-hybridized carbons (Fsp3) is 0.440. The number of aromatic nitrogens is 2. The number of imidazole rings is 1. The average molecular weight is 440 g/mol. The van der Waals surface area contributed by atoms with Crippen molar-refractivity contribution >= 4 is 28.5 Å². The van der Waals surface area contributed by atoms with Gasteiger partial charge in [0.1, 0.15) is 11.6 Å². The summed E-state index contributed by atoms with van der Waals surface area (Å²) in [6.45, 7) is 8.47. The zero-order chi connectivity index (χ0) is 22.0. The molecular formula is C25H30ClN3O2. The zero-order valence-electron chi connectivity index (χ0n) is 18.5. The molecule has 0 bridgehead atoms. The Labute approximate surface area is 189 Å². The minimum absolute atomic E-state index is 0.124. The summed E-state index contributed by atoms with van der Waals surface area (Å²) in [5, 5.41) is 0.639. The quantitative estimate of drug-likeness (QED) is 0.446. The van der Waals surface area contributed by atoms with Crippen molar-refractivity contribution in [2.24, 2.45) is 0 Å². The van der Waals surface area contributed by atoms with E-state index in [2.05, 4.69) is 31.4 Å². The number of fused-ring (bicyclic) bond motifs is 1. The van der Waals surface area contributed by atoms with Crippen LogP contribution in [0.15, 0.2) is 48.5 Å². The van der Waals surface area contributed by atoms with Crippen molar-refractivity contribution < 1.29 is 9.53 Å². The van der Waals surface area contributed by atoms with Gasteiger partial charge in [-0.2, -0.15) is 0 Å². The van der Waals surface area contributed by atoms with Crippen LogP contribution >= 0.6 is 11.6 Å². The molecule has 6 heteroatoms. The third-order valence-electron chi connectivity index (χ3n) is 5.85. The van der Waals surface area contributed by atoms with Crippen molar-refractivity contribution in [3.05, 3.63) is 59.4 Å². The van der Waals surface area contributed by atoms with Crippen LogP contribution in [0, 0.1) is 0 Å². The first-order chi connectivity index (χ1) is 14.8.